The zero-order valence-corrected chi connectivity index (χ0v) is 13.7. The Morgan fingerprint density at radius 2 is 2.04 bits per heavy atom. The van der Waals surface area contributed by atoms with Gasteiger partial charge in [0.25, 0.3) is 11.6 Å². The molecule has 0 aromatic heterocycles. The fourth-order valence-electron chi connectivity index (χ4n) is 2.05. The zero-order valence-electron chi connectivity index (χ0n) is 13.7. The number of nitrogens with one attached hydrogen (secondary N) is 1. The number of para-hydroxylation sites is 1. The maximum Gasteiger partial charge on any atom is 0.272 e. The number of hydrogen-bond donors (Lipinski definition) is 2. The molecule has 0 aliphatic carbocycles. The smallest absolute Gasteiger partial charge is 0.272 e. The minimum absolute atomic E-state index is 0.0763. The normalized spacial score (nSPS) is 13.0. The van der Waals surface area contributed by atoms with E-state index < -0.39 is 28.9 Å². The van der Waals surface area contributed by atoms with Crippen molar-refractivity contribution in [2.24, 2.45) is 0 Å². The topological polar surface area (TPSA) is 102 Å². The first-order chi connectivity index (χ1) is 11.7. The maximum absolute atomic E-state index is 13.5. The van der Waals surface area contributed by atoms with Crippen LogP contribution in [0.2, 0.25) is 0 Å². The number of rotatable bonds is 6. The first-order valence-electron chi connectivity index (χ1n) is 7.37. The Kier molecular flexibility index (Phi) is 5.33. The average Bonchev–Trinajstić information content (AvgIpc) is 2.53. The van der Waals surface area contributed by atoms with Gasteiger partial charge in [0, 0.05) is 17.3 Å². The van der Waals surface area contributed by atoms with Crippen LogP contribution in [0.4, 0.5) is 15.8 Å². The summed E-state index contributed by atoms with van der Waals surface area (Å²) >= 11 is 0. The van der Waals surface area contributed by atoms with E-state index in [-0.39, 0.29) is 11.4 Å². The minimum Gasteiger partial charge on any atom is -0.487 e. The lowest BCUT2D eigenvalue weighted by Gasteiger charge is -2.22. The molecule has 25 heavy (non-hydrogen) atoms. The summed E-state index contributed by atoms with van der Waals surface area (Å²) in [5, 5.41) is 23.5. The van der Waals surface area contributed by atoms with Crippen molar-refractivity contribution in [1.29, 1.82) is 0 Å². The van der Waals surface area contributed by atoms with Crippen LogP contribution in [0.1, 0.15) is 12.5 Å². The molecule has 0 aliphatic heterocycles. The summed E-state index contributed by atoms with van der Waals surface area (Å²) in [6.07, 6.45) is 0. The molecule has 0 unspecified atom stereocenters. The number of halogens is 1. The lowest BCUT2D eigenvalue weighted by Crippen LogP contribution is -2.45. The summed E-state index contributed by atoms with van der Waals surface area (Å²) in [6, 6.07) is 9.67. The Hall–Kier alpha value is -3.00. The molecule has 8 heteroatoms. The standard InChI is InChI=1S/C17H17FN2O5/c1-11-9-12(7-8-14(11)20(23)24)19-16(21)17(2,22)10-25-15-6-4-3-5-13(15)18/h3-9,22H,10H2,1-2H3,(H,19,21)/t17-/m1/s1. The number of aryl methyl sites for hydroxylation is 1. The summed E-state index contributed by atoms with van der Waals surface area (Å²) in [4.78, 5) is 22.5. The van der Waals surface area contributed by atoms with Gasteiger partial charge in [-0.2, -0.15) is 0 Å². The summed E-state index contributed by atoms with van der Waals surface area (Å²) in [6.45, 7) is 2.29. The SMILES string of the molecule is Cc1cc(NC(=O)[C@](C)(O)COc2ccccc2F)ccc1[N+](=O)[O-]. The summed E-state index contributed by atoms with van der Waals surface area (Å²) in [7, 11) is 0. The first kappa shape index (κ1) is 18.3. The molecule has 1 atom stereocenters. The van der Waals surface area contributed by atoms with Gasteiger partial charge in [0.15, 0.2) is 17.2 Å². The highest BCUT2D eigenvalue weighted by molar-refractivity contribution is 5.97. The number of hydrogen-bond acceptors (Lipinski definition) is 5. The van der Waals surface area contributed by atoms with Gasteiger partial charge in [0.1, 0.15) is 6.61 Å². The van der Waals surface area contributed by atoms with E-state index in [1.807, 2.05) is 0 Å². The van der Waals surface area contributed by atoms with Crippen LogP contribution < -0.4 is 10.1 Å². The van der Waals surface area contributed by atoms with Crippen molar-refractivity contribution in [2.45, 2.75) is 19.4 Å². The Morgan fingerprint density at radius 1 is 1.36 bits per heavy atom. The number of carbonyl (C=O) groups excluding carboxylic acids is 1. The second-order valence-electron chi connectivity index (χ2n) is 5.71. The number of anilines is 1. The molecule has 2 aromatic carbocycles. The Morgan fingerprint density at radius 3 is 2.64 bits per heavy atom. The third-order valence-electron chi connectivity index (χ3n) is 3.49. The van der Waals surface area contributed by atoms with Gasteiger partial charge in [-0.3, -0.25) is 14.9 Å². The lowest BCUT2D eigenvalue weighted by molar-refractivity contribution is -0.385. The number of amides is 1. The van der Waals surface area contributed by atoms with E-state index >= 15 is 0 Å². The Balaban J connectivity index is 2.04. The summed E-state index contributed by atoms with van der Waals surface area (Å²) in [5.41, 5.74) is -1.35. The molecule has 7 nitrogen and oxygen atoms in total. The number of aliphatic hydroxyl groups is 1. The minimum atomic E-state index is -1.93. The van der Waals surface area contributed by atoms with Crippen molar-refractivity contribution in [3.8, 4) is 5.75 Å². The van der Waals surface area contributed by atoms with Crippen LogP contribution in [0.3, 0.4) is 0 Å². The van der Waals surface area contributed by atoms with E-state index in [1.54, 1.807) is 6.07 Å². The lowest BCUT2D eigenvalue weighted by atomic mass is 10.1. The number of carbonyl (C=O) groups is 1. The van der Waals surface area contributed by atoms with Crippen molar-refractivity contribution < 1.29 is 24.0 Å². The van der Waals surface area contributed by atoms with Crippen LogP contribution >= 0.6 is 0 Å². The summed E-state index contributed by atoms with van der Waals surface area (Å²) < 4.78 is 18.7. The molecule has 2 rings (SSSR count). The Labute approximate surface area is 143 Å². The molecular formula is C17H17FN2O5. The van der Waals surface area contributed by atoms with Crippen LogP contribution in [-0.4, -0.2) is 28.1 Å². The van der Waals surface area contributed by atoms with Crippen LogP contribution in [0.15, 0.2) is 42.5 Å². The van der Waals surface area contributed by atoms with Crippen molar-refractivity contribution in [3.63, 3.8) is 0 Å². The van der Waals surface area contributed by atoms with Gasteiger partial charge in [-0.1, -0.05) is 12.1 Å². The third kappa shape index (κ3) is 4.51. The molecule has 2 N–H and O–H groups in total. The second-order valence-corrected chi connectivity index (χ2v) is 5.71. The van der Waals surface area contributed by atoms with E-state index in [0.29, 0.717) is 11.3 Å². The molecule has 0 radical (unpaired) electrons. The van der Waals surface area contributed by atoms with E-state index in [4.69, 9.17) is 4.74 Å². The number of nitro benzene ring substituents is 1. The highest BCUT2D eigenvalue weighted by atomic mass is 19.1. The molecule has 0 bridgehead atoms. The first-order valence-corrected chi connectivity index (χ1v) is 7.37. The Bertz CT molecular complexity index is 807. The summed E-state index contributed by atoms with van der Waals surface area (Å²) in [5.74, 6) is -1.47. The second kappa shape index (κ2) is 7.27. The number of ether oxygens (including phenoxy) is 1. The molecule has 0 heterocycles. The van der Waals surface area contributed by atoms with E-state index in [9.17, 15) is 24.4 Å². The molecule has 0 fully saturated rings. The van der Waals surface area contributed by atoms with E-state index in [1.165, 1.54) is 50.2 Å². The van der Waals surface area contributed by atoms with Gasteiger partial charge in [-0.05, 0) is 38.1 Å². The maximum atomic E-state index is 13.5. The van der Waals surface area contributed by atoms with Gasteiger partial charge >= 0.3 is 0 Å². The molecule has 0 spiro atoms. The van der Waals surface area contributed by atoms with Crippen molar-refractivity contribution >= 4 is 17.3 Å². The number of benzene rings is 2. The molecule has 2 aromatic rings. The number of nitro groups is 1. The van der Waals surface area contributed by atoms with Crippen LogP contribution in [0.5, 0.6) is 5.75 Å². The van der Waals surface area contributed by atoms with Gasteiger partial charge in [-0.15, -0.1) is 0 Å². The van der Waals surface area contributed by atoms with Crippen molar-refractivity contribution in [1.82, 2.24) is 0 Å². The van der Waals surface area contributed by atoms with Gasteiger partial charge in [-0.25, -0.2) is 4.39 Å². The predicted molar refractivity (Wildman–Crippen MR) is 89.0 cm³/mol. The fourth-order valence-corrected chi connectivity index (χ4v) is 2.05. The van der Waals surface area contributed by atoms with Crippen molar-refractivity contribution in [3.05, 3.63) is 64.0 Å². The molecule has 0 saturated carbocycles. The van der Waals surface area contributed by atoms with Gasteiger partial charge in [0.05, 0.1) is 4.92 Å². The zero-order chi connectivity index (χ0) is 18.6. The highest BCUT2D eigenvalue weighted by Crippen LogP contribution is 2.23. The van der Waals surface area contributed by atoms with Gasteiger partial charge in [0.2, 0.25) is 0 Å². The largest absolute Gasteiger partial charge is 0.487 e. The highest BCUT2D eigenvalue weighted by Gasteiger charge is 2.32. The average molecular weight is 348 g/mol. The fraction of sp³-hybridized carbons (Fsp3) is 0.235. The molecule has 0 saturated heterocycles. The van der Waals surface area contributed by atoms with Crippen LogP contribution in [0.25, 0.3) is 0 Å². The molecular weight excluding hydrogens is 331 g/mol. The molecule has 132 valence electrons. The van der Waals surface area contributed by atoms with Crippen LogP contribution in [-0.2, 0) is 4.79 Å². The predicted octanol–water partition coefficient (Wildman–Crippen LogP) is 2.81. The number of nitrogens with zero attached hydrogens (tertiary/aromatic N) is 1. The molecule has 1 amide bonds. The molecule has 0 aliphatic rings. The van der Waals surface area contributed by atoms with Crippen LogP contribution in [0, 0.1) is 22.9 Å². The third-order valence-corrected chi connectivity index (χ3v) is 3.49. The quantitative estimate of drug-likeness (QED) is 0.617. The van der Waals surface area contributed by atoms with Gasteiger partial charge < -0.3 is 15.2 Å². The monoisotopic (exact) mass is 348 g/mol. The van der Waals surface area contributed by atoms with E-state index in [0.717, 1.165) is 0 Å². The van der Waals surface area contributed by atoms with E-state index in [2.05, 4.69) is 5.32 Å². The van der Waals surface area contributed by atoms with Crippen molar-refractivity contribution in [2.75, 3.05) is 11.9 Å².